The van der Waals surface area contributed by atoms with Gasteiger partial charge in [0.15, 0.2) is 0 Å². The number of rotatable bonds is 7. The number of likely N-dealkylation sites (N-methyl/N-ethyl adjacent to an activating group) is 1. The first-order valence-corrected chi connectivity index (χ1v) is 6.84. The van der Waals surface area contributed by atoms with Crippen LogP contribution >= 0.6 is 0 Å². The molecule has 1 aromatic heterocycles. The SMILES string of the molecule is CN/N=C(C)/C=C(/OC)C(C)N(C)c1ccc(O)nc1C=N. The Morgan fingerprint density at radius 1 is 1.55 bits per heavy atom. The lowest BCUT2D eigenvalue weighted by Gasteiger charge is -2.29. The maximum absolute atomic E-state index is 9.43. The third-order valence-corrected chi connectivity index (χ3v) is 3.27. The molecule has 0 aliphatic carbocycles. The van der Waals surface area contributed by atoms with E-state index in [9.17, 15) is 5.11 Å². The Morgan fingerprint density at radius 3 is 2.77 bits per heavy atom. The van der Waals surface area contributed by atoms with Crippen LogP contribution in [-0.4, -0.2) is 49.3 Å². The molecule has 0 amide bonds. The van der Waals surface area contributed by atoms with Crippen LogP contribution in [0.3, 0.4) is 0 Å². The van der Waals surface area contributed by atoms with Crippen molar-refractivity contribution in [2.24, 2.45) is 5.10 Å². The Hall–Kier alpha value is -2.57. The van der Waals surface area contributed by atoms with Crippen LogP contribution in [0, 0.1) is 5.41 Å². The second-order valence-electron chi connectivity index (χ2n) is 4.73. The Bertz CT molecular complexity index is 583. The summed E-state index contributed by atoms with van der Waals surface area (Å²) in [5.74, 6) is 0.616. The first kappa shape index (κ1) is 17.5. The van der Waals surface area contributed by atoms with E-state index in [1.54, 1.807) is 20.2 Å². The lowest BCUT2D eigenvalue weighted by molar-refractivity contribution is 0.267. The van der Waals surface area contributed by atoms with Crippen molar-refractivity contribution in [2.45, 2.75) is 19.9 Å². The number of hydrazone groups is 1. The van der Waals surface area contributed by atoms with Gasteiger partial charge in [-0.05, 0) is 19.9 Å². The maximum atomic E-state index is 9.43. The molecule has 120 valence electrons. The van der Waals surface area contributed by atoms with E-state index in [1.807, 2.05) is 31.9 Å². The predicted molar refractivity (Wildman–Crippen MR) is 88.9 cm³/mol. The van der Waals surface area contributed by atoms with Crippen LogP contribution in [0.2, 0.25) is 0 Å². The zero-order valence-corrected chi connectivity index (χ0v) is 13.6. The van der Waals surface area contributed by atoms with Crippen LogP contribution in [0.25, 0.3) is 0 Å². The summed E-state index contributed by atoms with van der Waals surface area (Å²) in [6, 6.07) is 3.12. The number of aromatic hydroxyl groups is 1. The fourth-order valence-corrected chi connectivity index (χ4v) is 2.03. The van der Waals surface area contributed by atoms with Crippen LogP contribution in [0.4, 0.5) is 5.69 Å². The molecule has 0 aliphatic rings. The van der Waals surface area contributed by atoms with Crippen molar-refractivity contribution in [2.75, 3.05) is 26.1 Å². The Kier molecular flexibility index (Phi) is 6.37. The topological polar surface area (TPSA) is 93.8 Å². The molecule has 7 heteroatoms. The molecule has 0 spiro atoms. The number of hydrogen-bond acceptors (Lipinski definition) is 7. The highest BCUT2D eigenvalue weighted by Crippen LogP contribution is 2.23. The number of methoxy groups -OCH3 is 1. The van der Waals surface area contributed by atoms with Gasteiger partial charge >= 0.3 is 0 Å². The van der Waals surface area contributed by atoms with Gasteiger partial charge in [0.1, 0.15) is 11.5 Å². The largest absolute Gasteiger partial charge is 0.499 e. The number of pyridine rings is 1. The van der Waals surface area contributed by atoms with E-state index >= 15 is 0 Å². The first-order chi connectivity index (χ1) is 10.4. The molecular weight excluding hydrogens is 282 g/mol. The van der Waals surface area contributed by atoms with E-state index in [0.717, 1.165) is 23.4 Å². The van der Waals surface area contributed by atoms with Gasteiger partial charge in [-0.1, -0.05) is 0 Å². The van der Waals surface area contributed by atoms with Crippen molar-refractivity contribution in [3.63, 3.8) is 0 Å². The van der Waals surface area contributed by atoms with Crippen LogP contribution in [0.1, 0.15) is 19.5 Å². The van der Waals surface area contributed by atoms with Gasteiger partial charge in [-0.2, -0.15) is 5.10 Å². The summed E-state index contributed by atoms with van der Waals surface area (Å²) in [7, 11) is 5.22. The van der Waals surface area contributed by atoms with Gasteiger partial charge in [-0.25, -0.2) is 4.98 Å². The summed E-state index contributed by atoms with van der Waals surface area (Å²) < 4.78 is 5.45. The van der Waals surface area contributed by atoms with Crippen LogP contribution in [-0.2, 0) is 4.74 Å². The van der Waals surface area contributed by atoms with Crippen molar-refractivity contribution < 1.29 is 9.84 Å². The number of nitrogens with zero attached hydrogens (tertiary/aromatic N) is 3. The minimum absolute atomic E-state index is 0.1000. The van der Waals surface area contributed by atoms with Gasteiger partial charge in [0.25, 0.3) is 0 Å². The second-order valence-corrected chi connectivity index (χ2v) is 4.73. The summed E-state index contributed by atoms with van der Waals surface area (Å²) >= 11 is 0. The number of aromatic nitrogens is 1. The molecule has 22 heavy (non-hydrogen) atoms. The van der Waals surface area contributed by atoms with Crippen molar-refractivity contribution in [1.29, 1.82) is 5.41 Å². The Labute approximate surface area is 130 Å². The quantitative estimate of drug-likeness (QED) is 0.405. The summed E-state index contributed by atoms with van der Waals surface area (Å²) in [5.41, 5.74) is 4.64. The molecule has 1 unspecified atom stereocenters. The van der Waals surface area contributed by atoms with E-state index in [4.69, 9.17) is 10.1 Å². The highest BCUT2D eigenvalue weighted by molar-refractivity contribution is 5.93. The second kappa shape index (κ2) is 8.02. The summed E-state index contributed by atoms with van der Waals surface area (Å²) in [5, 5.41) is 20.9. The molecule has 0 aromatic carbocycles. The molecule has 0 aliphatic heterocycles. The number of nitrogens with one attached hydrogen (secondary N) is 2. The molecule has 1 heterocycles. The smallest absolute Gasteiger partial charge is 0.211 e. The standard InChI is InChI=1S/C15H23N5O2/c1-10(19-17-3)8-14(22-5)11(2)20(4)13-6-7-15(21)18-12(13)9-16/h6-9,11,16-17H,1-5H3,(H,18,21)/b14-8+,16-9?,19-10+. The monoisotopic (exact) mass is 305 g/mol. The van der Waals surface area contributed by atoms with Crippen molar-refractivity contribution in [1.82, 2.24) is 10.4 Å². The fourth-order valence-electron chi connectivity index (χ4n) is 2.03. The fraction of sp³-hybridized carbons (Fsp3) is 0.400. The average molecular weight is 305 g/mol. The molecular formula is C15H23N5O2. The van der Waals surface area contributed by atoms with E-state index < -0.39 is 0 Å². The van der Waals surface area contributed by atoms with Gasteiger partial charge in [-0.3, -0.25) is 0 Å². The average Bonchev–Trinajstić information content (AvgIpc) is 2.51. The molecule has 3 N–H and O–H groups in total. The summed E-state index contributed by atoms with van der Waals surface area (Å²) in [6.07, 6.45) is 2.96. The molecule has 0 saturated heterocycles. The Morgan fingerprint density at radius 2 is 2.23 bits per heavy atom. The van der Waals surface area contributed by atoms with Crippen molar-refractivity contribution >= 4 is 17.6 Å². The summed E-state index contributed by atoms with van der Waals surface area (Å²) in [6.45, 7) is 3.84. The third-order valence-electron chi connectivity index (χ3n) is 3.27. The van der Waals surface area contributed by atoms with Gasteiger partial charge in [0.05, 0.1) is 24.6 Å². The molecule has 0 fully saturated rings. The zero-order chi connectivity index (χ0) is 16.7. The number of ether oxygens (including phenoxy) is 1. The summed E-state index contributed by atoms with van der Waals surface area (Å²) in [4.78, 5) is 5.87. The lowest BCUT2D eigenvalue weighted by atomic mass is 10.1. The molecule has 7 nitrogen and oxygen atoms in total. The highest BCUT2D eigenvalue weighted by Gasteiger charge is 2.19. The predicted octanol–water partition coefficient (Wildman–Crippen LogP) is 1.74. The molecule has 0 saturated carbocycles. The van der Waals surface area contributed by atoms with Crippen LogP contribution < -0.4 is 10.3 Å². The molecule has 1 aromatic rings. The normalized spacial score (nSPS) is 13.5. The molecule has 1 atom stereocenters. The number of anilines is 1. The Balaban J connectivity index is 3.12. The van der Waals surface area contributed by atoms with Gasteiger partial charge in [-0.15, -0.1) is 0 Å². The van der Waals surface area contributed by atoms with Crippen molar-refractivity contribution in [3.8, 4) is 5.88 Å². The zero-order valence-electron chi connectivity index (χ0n) is 13.6. The lowest BCUT2D eigenvalue weighted by Crippen LogP contribution is -2.32. The number of hydrogen-bond donors (Lipinski definition) is 3. The van der Waals surface area contributed by atoms with E-state index in [0.29, 0.717) is 5.69 Å². The molecule has 0 radical (unpaired) electrons. The third kappa shape index (κ3) is 4.21. The van der Waals surface area contributed by atoms with Gasteiger partial charge in [0.2, 0.25) is 5.88 Å². The van der Waals surface area contributed by atoms with Gasteiger partial charge in [0, 0.05) is 32.5 Å². The minimum Gasteiger partial charge on any atom is -0.499 e. The van der Waals surface area contributed by atoms with Crippen LogP contribution in [0.15, 0.2) is 29.1 Å². The van der Waals surface area contributed by atoms with E-state index in [1.165, 1.54) is 6.07 Å². The minimum atomic E-state index is -0.109. The molecule has 1 rings (SSSR count). The number of allylic oxidation sites excluding steroid dienone is 1. The van der Waals surface area contributed by atoms with Gasteiger partial charge < -0.3 is 25.6 Å². The van der Waals surface area contributed by atoms with E-state index in [2.05, 4.69) is 15.5 Å². The first-order valence-electron chi connectivity index (χ1n) is 6.84. The molecule has 0 bridgehead atoms. The van der Waals surface area contributed by atoms with Crippen molar-refractivity contribution in [3.05, 3.63) is 29.7 Å². The maximum Gasteiger partial charge on any atom is 0.211 e. The highest BCUT2D eigenvalue weighted by atomic mass is 16.5. The van der Waals surface area contributed by atoms with E-state index in [-0.39, 0.29) is 11.9 Å². The van der Waals surface area contributed by atoms with Crippen LogP contribution in [0.5, 0.6) is 5.88 Å².